The van der Waals surface area contributed by atoms with E-state index in [1.165, 1.54) is 10.6 Å². The second-order valence-electron chi connectivity index (χ2n) is 4.84. The molecule has 18 heavy (non-hydrogen) atoms. The lowest BCUT2D eigenvalue weighted by Gasteiger charge is -2.29. The van der Waals surface area contributed by atoms with Crippen LogP contribution in [0, 0.1) is 6.92 Å². The van der Waals surface area contributed by atoms with Gasteiger partial charge in [0.1, 0.15) is 0 Å². The molecule has 0 spiro atoms. The van der Waals surface area contributed by atoms with Crippen LogP contribution in [0.15, 0.2) is 35.7 Å². The Bertz CT molecular complexity index is 503. The lowest BCUT2D eigenvalue weighted by Crippen LogP contribution is -2.29. The van der Waals surface area contributed by atoms with Gasteiger partial charge in [0, 0.05) is 22.3 Å². The summed E-state index contributed by atoms with van der Waals surface area (Å²) < 4.78 is 0. The van der Waals surface area contributed by atoms with Gasteiger partial charge in [-0.2, -0.15) is 0 Å². The lowest BCUT2D eigenvalue weighted by molar-refractivity contribution is 0.687. The van der Waals surface area contributed by atoms with Gasteiger partial charge in [-0.15, -0.1) is 11.3 Å². The second kappa shape index (κ2) is 5.44. The number of aryl methyl sites for hydroxylation is 1. The van der Waals surface area contributed by atoms with Crippen LogP contribution in [0.4, 0.5) is 11.4 Å². The average Bonchev–Trinajstić information content (AvgIpc) is 2.82. The zero-order chi connectivity index (χ0) is 13.1. The van der Waals surface area contributed by atoms with Gasteiger partial charge >= 0.3 is 0 Å². The van der Waals surface area contributed by atoms with Gasteiger partial charge in [0.15, 0.2) is 0 Å². The number of nitrogen functional groups attached to an aromatic ring is 1. The molecule has 0 aliphatic heterocycles. The van der Waals surface area contributed by atoms with E-state index in [0.717, 1.165) is 17.8 Å². The molecule has 0 saturated heterocycles. The van der Waals surface area contributed by atoms with E-state index in [0.29, 0.717) is 6.04 Å². The van der Waals surface area contributed by atoms with Crippen molar-refractivity contribution in [1.82, 2.24) is 0 Å². The molecule has 0 radical (unpaired) electrons. The number of thiophene rings is 1. The fourth-order valence-corrected chi connectivity index (χ4v) is 2.65. The zero-order valence-corrected chi connectivity index (χ0v) is 12.0. The Balaban J connectivity index is 2.26. The summed E-state index contributed by atoms with van der Waals surface area (Å²) in [7, 11) is 0. The summed E-state index contributed by atoms with van der Waals surface area (Å²) in [4.78, 5) is 3.75. The molecule has 0 atom stereocenters. The number of hydrogen-bond acceptors (Lipinski definition) is 3. The molecule has 0 aliphatic rings. The topological polar surface area (TPSA) is 29.3 Å². The highest BCUT2D eigenvalue weighted by atomic mass is 32.1. The largest absolute Gasteiger partial charge is 0.398 e. The quantitative estimate of drug-likeness (QED) is 0.840. The molecule has 3 heteroatoms. The van der Waals surface area contributed by atoms with Crippen molar-refractivity contribution in [2.75, 3.05) is 10.6 Å². The third-order valence-electron chi connectivity index (χ3n) is 3.12. The van der Waals surface area contributed by atoms with Gasteiger partial charge in [-0.3, -0.25) is 0 Å². The van der Waals surface area contributed by atoms with Crippen LogP contribution in [0.5, 0.6) is 0 Å². The molecular formula is C15H20N2S. The number of hydrogen-bond donors (Lipinski definition) is 1. The summed E-state index contributed by atoms with van der Waals surface area (Å²) in [5, 5.41) is 2.12. The maximum absolute atomic E-state index is 6.01. The van der Waals surface area contributed by atoms with Crippen LogP contribution < -0.4 is 10.6 Å². The minimum atomic E-state index is 0.453. The highest BCUT2D eigenvalue weighted by molar-refractivity contribution is 7.09. The molecule has 0 amide bonds. The summed E-state index contributed by atoms with van der Waals surface area (Å²) in [5.74, 6) is 0. The van der Waals surface area contributed by atoms with Gasteiger partial charge in [-0.25, -0.2) is 0 Å². The van der Waals surface area contributed by atoms with Crippen molar-refractivity contribution in [3.05, 3.63) is 46.2 Å². The number of rotatable bonds is 4. The Hall–Kier alpha value is -1.48. The minimum Gasteiger partial charge on any atom is -0.398 e. The lowest BCUT2D eigenvalue weighted by atomic mass is 10.1. The van der Waals surface area contributed by atoms with Gasteiger partial charge in [0.05, 0.1) is 6.54 Å². The first-order valence-electron chi connectivity index (χ1n) is 6.23. The third kappa shape index (κ3) is 2.85. The maximum atomic E-state index is 6.01. The molecule has 0 bridgehead atoms. The van der Waals surface area contributed by atoms with Crippen LogP contribution in [-0.4, -0.2) is 6.04 Å². The second-order valence-corrected chi connectivity index (χ2v) is 5.87. The van der Waals surface area contributed by atoms with Crippen LogP contribution in [0.1, 0.15) is 24.3 Å². The molecule has 0 fully saturated rings. The van der Waals surface area contributed by atoms with Gasteiger partial charge in [0.2, 0.25) is 0 Å². The van der Waals surface area contributed by atoms with Crippen molar-refractivity contribution in [3.63, 3.8) is 0 Å². The monoisotopic (exact) mass is 260 g/mol. The van der Waals surface area contributed by atoms with Crippen molar-refractivity contribution in [1.29, 1.82) is 0 Å². The predicted octanol–water partition coefficient (Wildman–Crippen LogP) is 4.05. The molecule has 2 nitrogen and oxygen atoms in total. The summed E-state index contributed by atoms with van der Waals surface area (Å²) in [6.45, 7) is 7.41. The van der Waals surface area contributed by atoms with Gasteiger partial charge in [-0.05, 0) is 49.9 Å². The highest BCUT2D eigenvalue weighted by Gasteiger charge is 2.12. The number of anilines is 2. The smallest absolute Gasteiger partial charge is 0.0525 e. The van der Waals surface area contributed by atoms with Crippen molar-refractivity contribution >= 4 is 22.7 Å². The summed E-state index contributed by atoms with van der Waals surface area (Å²) in [6.07, 6.45) is 0. The summed E-state index contributed by atoms with van der Waals surface area (Å²) in [5.41, 5.74) is 9.21. The standard InChI is InChI=1S/C15H20N2S/c1-11(2)17(10-14-5-4-8-18-14)13-7-6-12(3)15(16)9-13/h4-9,11H,10,16H2,1-3H3. The van der Waals surface area contributed by atoms with Crippen molar-refractivity contribution < 1.29 is 0 Å². The molecule has 96 valence electrons. The fraction of sp³-hybridized carbons (Fsp3) is 0.333. The molecule has 0 unspecified atom stereocenters. The van der Waals surface area contributed by atoms with Crippen molar-refractivity contribution in [2.24, 2.45) is 0 Å². The summed E-state index contributed by atoms with van der Waals surface area (Å²) in [6, 6.07) is 11.0. The van der Waals surface area contributed by atoms with E-state index >= 15 is 0 Å². The molecular weight excluding hydrogens is 240 g/mol. The number of nitrogens with two attached hydrogens (primary N) is 1. The molecule has 2 N–H and O–H groups in total. The van der Waals surface area contributed by atoms with E-state index in [-0.39, 0.29) is 0 Å². The van der Waals surface area contributed by atoms with Crippen LogP contribution in [0.25, 0.3) is 0 Å². The van der Waals surface area contributed by atoms with E-state index in [9.17, 15) is 0 Å². The van der Waals surface area contributed by atoms with E-state index < -0.39 is 0 Å². The van der Waals surface area contributed by atoms with Gasteiger partial charge < -0.3 is 10.6 Å². The first kappa shape index (κ1) is 13.0. The number of benzene rings is 1. The Morgan fingerprint density at radius 2 is 2.06 bits per heavy atom. The Morgan fingerprint density at radius 3 is 2.61 bits per heavy atom. The average molecular weight is 260 g/mol. The highest BCUT2D eigenvalue weighted by Crippen LogP contribution is 2.25. The zero-order valence-electron chi connectivity index (χ0n) is 11.2. The van der Waals surface area contributed by atoms with Gasteiger partial charge in [0.25, 0.3) is 0 Å². The molecule has 0 aliphatic carbocycles. The molecule has 1 heterocycles. The molecule has 2 aromatic rings. The molecule has 1 aromatic carbocycles. The molecule has 1 aromatic heterocycles. The van der Waals surface area contributed by atoms with Crippen molar-refractivity contribution in [2.45, 2.75) is 33.4 Å². The van der Waals surface area contributed by atoms with E-state index in [1.807, 2.05) is 6.92 Å². The van der Waals surface area contributed by atoms with Crippen LogP contribution in [-0.2, 0) is 6.54 Å². The van der Waals surface area contributed by atoms with E-state index in [1.54, 1.807) is 11.3 Å². The molecule has 2 rings (SSSR count). The maximum Gasteiger partial charge on any atom is 0.0525 e. The molecule has 0 saturated carbocycles. The fourth-order valence-electron chi connectivity index (χ4n) is 1.95. The Morgan fingerprint density at radius 1 is 1.28 bits per heavy atom. The van der Waals surface area contributed by atoms with E-state index in [4.69, 9.17) is 5.73 Å². The van der Waals surface area contributed by atoms with Crippen LogP contribution in [0.3, 0.4) is 0 Å². The first-order valence-corrected chi connectivity index (χ1v) is 7.11. The van der Waals surface area contributed by atoms with Crippen LogP contribution in [0.2, 0.25) is 0 Å². The predicted molar refractivity (Wildman–Crippen MR) is 81.2 cm³/mol. The van der Waals surface area contributed by atoms with Gasteiger partial charge in [-0.1, -0.05) is 12.1 Å². The van der Waals surface area contributed by atoms with E-state index in [2.05, 4.69) is 54.5 Å². The Kier molecular flexibility index (Phi) is 3.92. The SMILES string of the molecule is Cc1ccc(N(Cc2cccs2)C(C)C)cc1N. The normalized spacial score (nSPS) is 10.9. The Labute approximate surface area is 113 Å². The minimum absolute atomic E-state index is 0.453. The van der Waals surface area contributed by atoms with Crippen molar-refractivity contribution in [3.8, 4) is 0 Å². The first-order chi connectivity index (χ1) is 8.58. The van der Waals surface area contributed by atoms with Crippen LogP contribution >= 0.6 is 11.3 Å². The number of nitrogens with zero attached hydrogens (tertiary/aromatic N) is 1. The summed E-state index contributed by atoms with van der Waals surface area (Å²) >= 11 is 1.80. The third-order valence-corrected chi connectivity index (χ3v) is 3.99.